The van der Waals surface area contributed by atoms with Crippen LogP contribution in [-0.2, 0) is 21.4 Å². The molecule has 1 saturated carbocycles. The molecule has 7 heterocycles. The second kappa shape index (κ2) is 15.6. The monoisotopic (exact) mass is 823 g/mol. The third-order valence-electron chi connectivity index (χ3n) is 12.3. The number of fused-ring (bicyclic) bond motifs is 2. The van der Waals surface area contributed by atoms with Crippen LogP contribution in [-0.4, -0.2) is 91.7 Å². The number of likely N-dealkylation sites (tertiary alicyclic amines) is 1. The molecule has 1 aromatic carbocycles. The van der Waals surface area contributed by atoms with Gasteiger partial charge in [-0.3, -0.25) is 38.3 Å². The van der Waals surface area contributed by atoms with Gasteiger partial charge in [0.15, 0.2) is 5.69 Å². The summed E-state index contributed by atoms with van der Waals surface area (Å²) in [7, 11) is 1.60. The summed E-state index contributed by atoms with van der Waals surface area (Å²) in [5, 5.41) is 22.4. The van der Waals surface area contributed by atoms with Crippen LogP contribution >= 0.6 is 0 Å². The van der Waals surface area contributed by atoms with E-state index in [-0.39, 0.29) is 53.6 Å². The fourth-order valence-electron chi connectivity index (χ4n) is 9.08. The minimum atomic E-state index is -2.83. The highest BCUT2D eigenvalue weighted by atomic mass is 19.3. The SMILES string of the molecule is Cn1c(=O)n(C2CCC(=O)NC2=O)c2cccc(NC(=O)C3CCN(CC4CCC(n5cc(-n6cc(-c7ccc8cc(C(N)=O)cnn78)nn6)c(C(F)F)n5)CC4)CC3)c21. The Morgan fingerprint density at radius 1 is 1.00 bits per heavy atom. The Morgan fingerprint density at radius 3 is 2.52 bits per heavy atom. The number of aryl methyl sites for hydroxylation is 1. The standard InChI is InChI=1S/C40H43F2N13O5/c1-50-35-27(3-2-4-30(35)54(40(50)60)31-11-12-33(56)46-39(31)59)45-38(58)23-13-15-51(16-14-23)19-22-5-7-25(8-6-22)52-21-32(34(48-52)36(41)42)53-20-28(47-49-53)29-10-9-26-17-24(37(43)57)18-44-55(26)29/h2-4,9-10,17-18,20-23,25,31,36H,5-8,11-16,19H2,1H3,(H2,43,57)(H,45,58)(H,46,56,59). The maximum Gasteiger partial charge on any atom is 0.329 e. The Balaban J connectivity index is 0.796. The number of halogens is 2. The van der Waals surface area contributed by atoms with Crippen molar-refractivity contribution in [2.45, 2.75) is 69.9 Å². The number of para-hydroxylation sites is 1. The maximum atomic E-state index is 14.3. The molecule has 60 heavy (non-hydrogen) atoms. The van der Waals surface area contributed by atoms with Crippen LogP contribution in [0.15, 0.2) is 59.8 Å². The molecule has 20 heteroatoms. The van der Waals surface area contributed by atoms with Gasteiger partial charge in [-0.2, -0.15) is 10.2 Å². The van der Waals surface area contributed by atoms with Crippen LogP contribution in [0.3, 0.4) is 0 Å². The minimum Gasteiger partial charge on any atom is -0.366 e. The van der Waals surface area contributed by atoms with Gasteiger partial charge in [-0.25, -0.2) is 22.8 Å². The van der Waals surface area contributed by atoms with Gasteiger partial charge in [-0.05, 0) is 94.3 Å². The van der Waals surface area contributed by atoms with Crippen LogP contribution in [0, 0.1) is 11.8 Å². The zero-order valence-corrected chi connectivity index (χ0v) is 32.7. The first-order valence-electron chi connectivity index (χ1n) is 20.1. The molecule has 6 aromatic rings. The highest BCUT2D eigenvalue weighted by molar-refractivity contribution is 6.03. The second-order valence-electron chi connectivity index (χ2n) is 16.0. The van der Waals surface area contributed by atoms with Crippen LogP contribution in [0.4, 0.5) is 14.5 Å². The largest absolute Gasteiger partial charge is 0.366 e. The predicted molar refractivity (Wildman–Crippen MR) is 212 cm³/mol. The zero-order chi connectivity index (χ0) is 41.8. The molecule has 1 unspecified atom stereocenters. The number of hydrogen-bond donors (Lipinski definition) is 3. The fourth-order valence-corrected chi connectivity index (χ4v) is 9.08. The first-order valence-corrected chi connectivity index (χ1v) is 20.1. The number of piperidine rings is 2. The lowest BCUT2D eigenvalue weighted by Gasteiger charge is -2.36. The van der Waals surface area contributed by atoms with Gasteiger partial charge in [0.05, 0.1) is 58.1 Å². The van der Waals surface area contributed by atoms with Crippen LogP contribution in [0.2, 0.25) is 0 Å². The van der Waals surface area contributed by atoms with Crippen molar-refractivity contribution in [3.8, 4) is 17.1 Å². The third-order valence-corrected chi connectivity index (χ3v) is 12.3. The Labute approximate surface area is 340 Å². The number of carbonyl (C=O) groups excluding carboxylic acids is 4. The molecule has 18 nitrogen and oxygen atoms in total. The van der Waals surface area contributed by atoms with Gasteiger partial charge in [0.1, 0.15) is 17.4 Å². The number of anilines is 1. The molecule has 0 bridgehead atoms. The molecule has 2 aliphatic heterocycles. The molecule has 0 spiro atoms. The number of nitrogens with two attached hydrogens (primary N) is 1. The molecular weight excluding hydrogens is 781 g/mol. The number of primary amides is 1. The molecule has 0 radical (unpaired) electrons. The van der Waals surface area contributed by atoms with Crippen molar-refractivity contribution in [2.24, 2.45) is 24.6 Å². The van der Waals surface area contributed by atoms with Crippen molar-refractivity contribution in [2.75, 3.05) is 25.0 Å². The zero-order valence-electron chi connectivity index (χ0n) is 32.7. The second-order valence-corrected chi connectivity index (χ2v) is 16.0. The van der Waals surface area contributed by atoms with E-state index < -0.39 is 30.0 Å². The van der Waals surface area contributed by atoms with Crippen molar-refractivity contribution in [1.82, 2.24) is 53.7 Å². The Bertz CT molecular complexity index is 2710. The molecule has 1 atom stereocenters. The average Bonchev–Trinajstić information content (AvgIpc) is 4.04. The van der Waals surface area contributed by atoms with E-state index in [0.29, 0.717) is 52.4 Å². The Kier molecular flexibility index (Phi) is 10.1. The van der Waals surface area contributed by atoms with Crippen molar-refractivity contribution in [3.05, 3.63) is 76.7 Å². The van der Waals surface area contributed by atoms with E-state index in [1.165, 1.54) is 20.0 Å². The summed E-state index contributed by atoms with van der Waals surface area (Å²) in [6.07, 6.45) is 6.78. The molecule has 1 aliphatic carbocycles. The molecule has 3 aliphatic rings. The Morgan fingerprint density at radius 2 is 1.78 bits per heavy atom. The van der Waals surface area contributed by atoms with E-state index >= 15 is 0 Å². The molecular formula is C40H43F2N13O5. The van der Waals surface area contributed by atoms with E-state index in [1.54, 1.807) is 65.0 Å². The molecule has 4 N–H and O–H groups in total. The van der Waals surface area contributed by atoms with Crippen LogP contribution in [0.5, 0.6) is 0 Å². The van der Waals surface area contributed by atoms with Crippen LogP contribution in [0.25, 0.3) is 33.6 Å². The number of imide groups is 1. The van der Waals surface area contributed by atoms with E-state index in [9.17, 15) is 32.8 Å². The first kappa shape index (κ1) is 38.9. The van der Waals surface area contributed by atoms with Crippen molar-refractivity contribution in [1.29, 1.82) is 0 Å². The first-order chi connectivity index (χ1) is 28.9. The molecule has 4 amide bonds. The lowest BCUT2D eigenvalue weighted by molar-refractivity contribution is -0.135. The van der Waals surface area contributed by atoms with Crippen molar-refractivity contribution in [3.63, 3.8) is 0 Å². The third kappa shape index (κ3) is 7.13. The number of amides is 4. The summed E-state index contributed by atoms with van der Waals surface area (Å²) in [5.74, 6) is -1.39. The number of imidazole rings is 1. The van der Waals surface area contributed by atoms with Gasteiger partial charge >= 0.3 is 5.69 Å². The maximum absolute atomic E-state index is 14.3. The van der Waals surface area contributed by atoms with Crippen LogP contribution in [0.1, 0.15) is 85.9 Å². The highest BCUT2D eigenvalue weighted by Gasteiger charge is 2.34. The van der Waals surface area contributed by atoms with Gasteiger partial charge in [-0.1, -0.05) is 11.3 Å². The fraction of sp³-hybridized carbons (Fsp3) is 0.425. The molecule has 2 saturated heterocycles. The van der Waals surface area contributed by atoms with Gasteiger partial charge in [-0.15, -0.1) is 5.10 Å². The van der Waals surface area contributed by atoms with Gasteiger partial charge in [0.25, 0.3) is 6.43 Å². The van der Waals surface area contributed by atoms with E-state index in [4.69, 9.17) is 5.73 Å². The Hall–Kier alpha value is -6.57. The number of rotatable bonds is 10. The number of nitrogens with one attached hydrogen (secondary N) is 2. The highest BCUT2D eigenvalue weighted by Crippen LogP contribution is 2.36. The van der Waals surface area contributed by atoms with Crippen LogP contribution < -0.4 is 22.1 Å². The summed E-state index contributed by atoms with van der Waals surface area (Å²) >= 11 is 0. The number of nitrogens with zero attached hydrogens (tertiary/aromatic N) is 10. The number of benzene rings is 1. The number of carbonyl (C=O) groups is 4. The predicted octanol–water partition coefficient (Wildman–Crippen LogP) is 3.53. The average molecular weight is 824 g/mol. The molecule has 5 aromatic heterocycles. The summed E-state index contributed by atoms with van der Waals surface area (Å²) in [4.78, 5) is 65.2. The topological polar surface area (TPSA) is 214 Å². The van der Waals surface area contributed by atoms with Gasteiger partial charge in [0, 0.05) is 25.9 Å². The van der Waals surface area contributed by atoms with E-state index in [2.05, 4.69) is 36.0 Å². The molecule has 312 valence electrons. The lowest BCUT2D eigenvalue weighted by Crippen LogP contribution is -2.44. The van der Waals surface area contributed by atoms with E-state index in [0.717, 1.165) is 45.3 Å². The number of aromatic nitrogens is 9. The summed E-state index contributed by atoms with van der Waals surface area (Å²) in [6.45, 7) is 2.41. The molecule has 3 fully saturated rings. The normalized spacial score (nSPS) is 20.6. The number of hydrogen-bond acceptors (Lipinski definition) is 10. The van der Waals surface area contributed by atoms with E-state index in [1.807, 2.05) is 0 Å². The molecule has 9 rings (SSSR count). The quantitative estimate of drug-likeness (QED) is 0.171. The summed E-state index contributed by atoms with van der Waals surface area (Å²) in [6, 6.07) is 9.46. The number of alkyl halides is 2. The van der Waals surface area contributed by atoms with Gasteiger partial charge in [0.2, 0.25) is 23.6 Å². The van der Waals surface area contributed by atoms with Crippen molar-refractivity contribution >= 4 is 45.9 Å². The minimum absolute atomic E-state index is 0.0481. The van der Waals surface area contributed by atoms with Gasteiger partial charge < -0.3 is 16.0 Å². The summed E-state index contributed by atoms with van der Waals surface area (Å²) in [5.41, 5.74) is 8.10. The smallest absolute Gasteiger partial charge is 0.329 e. The lowest BCUT2D eigenvalue weighted by atomic mass is 9.85. The van der Waals surface area contributed by atoms with Crippen molar-refractivity contribution < 1.29 is 28.0 Å². The summed E-state index contributed by atoms with van der Waals surface area (Å²) < 4.78 is 36.0.